The van der Waals surface area contributed by atoms with Gasteiger partial charge in [-0.2, -0.15) is 0 Å². The number of halogens is 1. The van der Waals surface area contributed by atoms with Crippen LogP contribution < -0.4 is 5.32 Å². The maximum absolute atomic E-state index is 12.2. The van der Waals surface area contributed by atoms with Crippen LogP contribution in [-0.4, -0.2) is 41.0 Å². The van der Waals surface area contributed by atoms with Gasteiger partial charge in [0.25, 0.3) is 5.91 Å². The predicted octanol–water partition coefficient (Wildman–Crippen LogP) is 2.34. The molecule has 1 N–H and O–H groups in total. The lowest BCUT2D eigenvalue weighted by atomic mass is 10.2. The summed E-state index contributed by atoms with van der Waals surface area (Å²) in [6, 6.07) is 1.66. The van der Waals surface area contributed by atoms with Gasteiger partial charge in [0.05, 0.1) is 16.1 Å². The lowest BCUT2D eigenvalue weighted by Gasteiger charge is -2.26. The van der Waals surface area contributed by atoms with E-state index in [4.69, 9.17) is 11.6 Å². The second kappa shape index (κ2) is 5.88. The molecule has 0 aliphatic heterocycles. The van der Waals surface area contributed by atoms with Gasteiger partial charge in [-0.25, -0.2) is 0 Å². The molecule has 1 aliphatic rings. The Hall–Kier alpha value is -1.13. The van der Waals surface area contributed by atoms with Crippen molar-refractivity contribution < 1.29 is 4.79 Å². The van der Waals surface area contributed by atoms with Crippen molar-refractivity contribution in [3.8, 4) is 0 Å². The minimum absolute atomic E-state index is 0.0598. The fraction of sp³-hybridized carbons (Fsp3) is 0.571. The molecule has 5 heteroatoms. The zero-order valence-electron chi connectivity index (χ0n) is 11.4. The third kappa shape index (κ3) is 3.45. The standard InChI is InChI=1S/C14H20ClN3O/c1-3-18(4-2)10-14(6-7-14)17-13(19)11-5-8-16-9-12(11)15/h5,8-9H,3-4,6-7,10H2,1-2H3,(H,17,19). The Labute approximate surface area is 119 Å². The van der Waals surface area contributed by atoms with Gasteiger partial charge in [-0.05, 0) is 32.0 Å². The number of nitrogens with zero attached hydrogens (tertiary/aromatic N) is 2. The molecular formula is C14H20ClN3O. The summed E-state index contributed by atoms with van der Waals surface area (Å²) in [7, 11) is 0. The molecular weight excluding hydrogens is 262 g/mol. The Morgan fingerprint density at radius 3 is 2.68 bits per heavy atom. The summed E-state index contributed by atoms with van der Waals surface area (Å²) in [5.74, 6) is -0.0999. The molecule has 0 unspecified atom stereocenters. The molecule has 104 valence electrons. The zero-order chi connectivity index (χ0) is 13.9. The van der Waals surface area contributed by atoms with Crippen molar-refractivity contribution in [2.75, 3.05) is 19.6 Å². The molecule has 1 aromatic rings. The average molecular weight is 282 g/mol. The van der Waals surface area contributed by atoms with E-state index in [1.165, 1.54) is 6.20 Å². The quantitative estimate of drug-likeness (QED) is 0.870. The lowest BCUT2D eigenvalue weighted by Crippen LogP contribution is -2.45. The highest BCUT2D eigenvalue weighted by Crippen LogP contribution is 2.36. The summed E-state index contributed by atoms with van der Waals surface area (Å²) in [6.45, 7) is 7.20. The van der Waals surface area contributed by atoms with Gasteiger partial charge < -0.3 is 10.2 Å². The van der Waals surface area contributed by atoms with Crippen molar-refractivity contribution in [1.82, 2.24) is 15.2 Å². The number of hydrogen-bond donors (Lipinski definition) is 1. The van der Waals surface area contributed by atoms with Gasteiger partial charge in [0.2, 0.25) is 0 Å². The topological polar surface area (TPSA) is 45.2 Å². The van der Waals surface area contributed by atoms with E-state index >= 15 is 0 Å². The normalized spacial score (nSPS) is 16.4. The van der Waals surface area contributed by atoms with E-state index in [9.17, 15) is 4.79 Å². The first-order valence-corrected chi connectivity index (χ1v) is 7.12. The molecule has 0 aromatic carbocycles. The second-order valence-corrected chi connectivity index (χ2v) is 5.46. The van der Waals surface area contributed by atoms with Crippen molar-refractivity contribution in [2.24, 2.45) is 0 Å². The molecule has 0 spiro atoms. The van der Waals surface area contributed by atoms with E-state index in [2.05, 4.69) is 29.0 Å². The summed E-state index contributed by atoms with van der Waals surface area (Å²) >= 11 is 5.99. The minimum atomic E-state index is -0.0999. The van der Waals surface area contributed by atoms with Crippen molar-refractivity contribution >= 4 is 17.5 Å². The summed E-state index contributed by atoms with van der Waals surface area (Å²) in [5, 5.41) is 3.53. The Morgan fingerprint density at radius 2 is 2.16 bits per heavy atom. The highest BCUT2D eigenvalue weighted by Gasteiger charge is 2.45. The van der Waals surface area contributed by atoms with Crippen LogP contribution in [0.25, 0.3) is 0 Å². The lowest BCUT2D eigenvalue weighted by molar-refractivity contribution is 0.0918. The first-order chi connectivity index (χ1) is 9.10. The van der Waals surface area contributed by atoms with E-state index < -0.39 is 0 Å². The molecule has 1 aliphatic carbocycles. The van der Waals surface area contributed by atoms with Crippen molar-refractivity contribution in [2.45, 2.75) is 32.2 Å². The Balaban J connectivity index is 2.01. The Bertz CT molecular complexity index is 456. The molecule has 1 saturated carbocycles. The highest BCUT2D eigenvalue weighted by molar-refractivity contribution is 6.33. The molecule has 1 heterocycles. The number of aromatic nitrogens is 1. The van der Waals surface area contributed by atoms with Crippen LogP contribution in [0.15, 0.2) is 18.5 Å². The van der Waals surface area contributed by atoms with Crippen molar-refractivity contribution in [3.05, 3.63) is 29.0 Å². The molecule has 19 heavy (non-hydrogen) atoms. The number of nitrogens with one attached hydrogen (secondary N) is 1. The van der Waals surface area contributed by atoms with E-state index in [-0.39, 0.29) is 11.4 Å². The van der Waals surface area contributed by atoms with E-state index in [1.807, 2.05) is 0 Å². The summed E-state index contributed by atoms with van der Waals surface area (Å²) in [5.41, 5.74) is 0.442. The largest absolute Gasteiger partial charge is 0.345 e. The molecule has 1 amide bonds. The number of carbonyl (C=O) groups excluding carboxylic acids is 1. The smallest absolute Gasteiger partial charge is 0.253 e. The maximum atomic E-state index is 12.2. The molecule has 0 bridgehead atoms. The number of pyridine rings is 1. The van der Waals surface area contributed by atoms with Crippen LogP contribution in [0.2, 0.25) is 5.02 Å². The third-order valence-corrected chi connectivity index (χ3v) is 3.97. The molecule has 4 nitrogen and oxygen atoms in total. The number of rotatable bonds is 6. The molecule has 2 rings (SSSR count). The zero-order valence-corrected chi connectivity index (χ0v) is 12.2. The Kier molecular flexibility index (Phi) is 4.42. The van der Waals surface area contributed by atoms with Crippen molar-refractivity contribution in [3.63, 3.8) is 0 Å². The Morgan fingerprint density at radius 1 is 1.47 bits per heavy atom. The number of amides is 1. The predicted molar refractivity (Wildman–Crippen MR) is 76.5 cm³/mol. The number of likely N-dealkylation sites (N-methyl/N-ethyl adjacent to an activating group) is 1. The van der Waals surface area contributed by atoms with Gasteiger partial charge in [0.15, 0.2) is 0 Å². The third-order valence-electron chi connectivity index (χ3n) is 3.67. The van der Waals surface area contributed by atoms with Crippen LogP contribution >= 0.6 is 11.6 Å². The fourth-order valence-electron chi connectivity index (χ4n) is 2.22. The van der Waals surface area contributed by atoms with Crippen LogP contribution in [0.1, 0.15) is 37.0 Å². The van der Waals surface area contributed by atoms with Crippen LogP contribution in [0, 0.1) is 0 Å². The van der Waals surface area contributed by atoms with Gasteiger partial charge in [0, 0.05) is 18.9 Å². The van der Waals surface area contributed by atoms with Gasteiger partial charge >= 0.3 is 0 Å². The van der Waals surface area contributed by atoms with Crippen LogP contribution in [0.5, 0.6) is 0 Å². The van der Waals surface area contributed by atoms with Gasteiger partial charge in [-0.3, -0.25) is 9.78 Å². The SMILES string of the molecule is CCN(CC)CC1(NC(=O)c2ccncc2Cl)CC1. The molecule has 0 saturated heterocycles. The van der Waals surface area contributed by atoms with E-state index in [1.54, 1.807) is 12.3 Å². The minimum Gasteiger partial charge on any atom is -0.345 e. The van der Waals surface area contributed by atoms with E-state index in [0.717, 1.165) is 32.5 Å². The number of hydrogen-bond acceptors (Lipinski definition) is 3. The molecule has 0 radical (unpaired) electrons. The van der Waals surface area contributed by atoms with Crippen molar-refractivity contribution in [1.29, 1.82) is 0 Å². The summed E-state index contributed by atoms with van der Waals surface area (Å²) in [6.07, 6.45) is 5.17. The molecule has 1 aromatic heterocycles. The van der Waals surface area contributed by atoms with Gasteiger partial charge in [-0.1, -0.05) is 25.4 Å². The van der Waals surface area contributed by atoms with Crippen LogP contribution in [0.4, 0.5) is 0 Å². The van der Waals surface area contributed by atoms with Crippen LogP contribution in [-0.2, 0) is 0 Å². The monoisotopic (exact) mass is 281 g/mol. The average Bonchev–Trinajstić information content (AvgIpc) is 3.16. The van der Waals surface area contributed by atoms with Gasteiger partial charge in [-0.15, -0.1) is 0 Å². The van der Waals surface area contributed by atoms with Gasteiger partial charge in [0.1, 0.15) is 0 Å². The molecule has 0 atom stereocenters. The maximum Gasteiger partial charge on any atom is 0.253 e. The summed E-state index contributed by atoms with van der Waals surface area (Å²) < 4.78 is 0. The number of carbonyl (C=O) groups is 1. The van der Waals surface area contributed by atoms with Crippen LogP contribution in [0.3, 0.4) is 0 Å². The second-order valence-electron chi connectivity index (χ2n) is 5.05. The molecule has 1 fully saturated rings. The highest BCUT2D eigenvalue weighted by atomic mass is 35.5. The fourth-order valence-corrected chi connectivity index (χ4v) is 2.42. The first kappa shape index (κ1) is 14.3. The first-order valence-electron chi connectivity index (χ1n) is 6.74. The van der Waals surface area contributed by atoms with E-state index in [0.29, 0.717) is 10.6 Å². The summed E-state index contributed by atoms with van der Waals surface area (Å²) in [4.78, 5) is 18.5.